The Labute approximate surface area is 196 Å². The van der Waals surface area contributed by atoms with E-state index in [1.807, 2.05) is 18.2 Å². The molecule has 3 aromatic rings. The van der Waals surface area contributed by atoms with Crippen LogP contribution in [-0.2, 0) is 11.3 Å². The van der Waals surface area contributed by atoms with Crippen molar-refractivity contribution in [2.45, 2.75) is 19.6 Å². The molecule has 0 bridgehead atoms. The molecule has 33 heavy (non-hydrogen) atoms. The summed E-state index contributed by atoms with van der Waals surface area (Å²) in [4.78, 5) is 27.5. The van der Waals surface area contributed by atoms with E-state index in [9.17, 15) is 9.59 Å². The van der Waals surface area contributed by atoms with Crippen LogP contribution in [0.5, 0.6) is 17.2 Å². The third kappa shape index (κ3) is 4.73. The van der Waals surface area contributed by atoms with E-state index in [2.05, 4.69) is 5.32 Å². The summed E-state index contributed by atoms with van der Waals surface area (Å²) >= 11 is 6.33. The van der Waals surface area contributed by atoms with Crippen molar-refractivity contribution in [2.75, 3.05) is 24.4 Å². The maximum atomic E-state index is 12.9. The third-order valence-corrected chi connectivity index (χ3v) is 5.69. The third-order valence-electron chi connectivity index (χ3n) is 5.33. The van der Waals surface area contributed by atoms with Gasteiger partial charge >= 0.3 is 0 Å². The first-order valence-electron chi connectivity index (χ1n) is 10.3. The quantitative estimate of drug-likeness (QED) is 0.557. The summed E-state index contributed by atoms with van der Waals surface area (Å²) in [6, 6.07) is 17.5. The fourth-order valence-corrected chi connectivity index (χ4v) is 3.78. The molecule has 0 spiro atoms. The number of hydrogen-bond acceptors (Lipinski definition) is 5. The van der Waals surface area contributed by atoms with Gasteiger partial charge in [-0.1, -0.05) is 29.8 Å². The molecule has 0 saturated heterocycles. The summed E-state index contributed by atoms with van der Waals surface area (Å²) in [5.74, 6) is 1.02. The number of hydrogen-bond donors (Lipinski definition) is 1. The lowest BCUT2D eigenvalue weighted by Crippen LogP contribution is -2.44. The van der Waals surface area contributed by atoms with Gasteiger partial charge in [0.05, 0.1) is 26.5 Å². The average molecular weight is 467 g/mol. The first-order valence-corrected chi connectivity index (χ1v) is 10.7. The molecule has 1 N–H and O–H groups in total. The van der Waals surface area contributed by atoms with E-state index in [-0.39, 0.29) is 18.4 Å². The van der Waals surface area contributed by atoms with Crippen molar-refractivity contribution in [3.8, 4) is 17.2 Å². The van der Waals surface area contributed by atoms with Crippen molar-refractivity contribution in [2.24, 2.45) is 0 Å². The smallest absolute Gasteiger partial charge is 0.268 e. The summed E-state index contributed by atoms with van der Waals surface area (Å²) in [7, 11) is 3.04. The van der Waals surface area contributed by atoms with Gasteiger partial charge in [-0.25, -0.2) is 0 Å². The Morgan fingerprint density at radius 2 is 1.76 bits per heavy atom. The van der Waals surface area contributed by atoms with Gasteiger partial charge in [0, 0.05) is 22.3 Å². The largest absolute Gasteiger partial charge is 0.497 e. The summed E-state index contributed by atoms with van der Waals surface area (Å²) in [5, 5.41) is 3.43. The first kappa shape index (κ1) is 22.5. The number of carbonyl (C=O) groups is 2. The lowest BCUT2D eigenvalue weighted by Gasteiger charge is -2.33. The van der Waals surface area contributed by atoms with Crippen molar-refractivity contribution < 1.29 is 23.8 Å². The molecule has 1 unspecified atom stereocenters. The van der Waals surface area contributed by atoms with Gasteiger partial charge in [-0.2, -0.15) is 0 Å². The van der Waals surface area contributed by atoms with Crippen LogP contribution in [0.3, 0.4) is 0 Å². The number of nitrogens with zero attached hydrogens (tertiary/aromatic N) is 1. The van der Waals surface area contributed by atoms with Crippen molar-refractivity contribution in [3.05, 3.63) is 76.8 Å². The minimum Gasteiger partial charge on any atom is -0.497 e. The monoisotopic (exact) mass is 466 g/mol. The maximum absolute atomic E-state index is 12.9. The number of carbonyl (C=O) groups excluding carboxylic acids is 2. The second kappa shape index (κ2) is 9.42. The lowest BCUT2D eigenvalue weighted by molar-refractivity contribution is -0.125. The zero-order valence-corrected chi connectivity index (χ0v) is 19.2. The molecule has 7 nitrogen and oxygen atoms in total. The molecule has 8 heteroatoms. The van der Waals surface area contributed by atoms with Gasteiger partial charge in [0.15, 0.2) is 6.10 Å². The zero-order chi connectivity index (χ0) is 23.5. The van der Waals surface area contributed by atoms with Crippen LogP contribution in [0.15, 0.2) is 60.7 Å². The molecular formula is C25H23ClN2O5. The normalized spacial score (nSPS) is 14.8. The molecule has 1 aliphatic rings. The van der Waals surface area contributed by atoms with Crippen molar-refractivity contribution in [1.29, 1.82) is 0 Å². The van der Waals surface area contributed by atoms with Crippen molar-refractivity contribution >= 4 is 34.8 Å². The predicted molar refractivity (Wildman–Crippen MR) is 127 cm³/mol. The maximum Gasteiger partial charge on any atom is 0.268 e. The van der Waals surface area contributed by atoms with E-state index in [1.165, 1.54) is 14.2 Å². The molecule has 0 saturated carbocycles. The number of ether oxygens (including phenoxy) is 3. The van der Waals surface area contributed by atoms with E-state index in [1.54, 1.807) is 54.3 Å². The minimum absolute atomic E-state index is 0.191. The highest BCUT2D eigenvalue weighted by Gasteiger charge is 2.32. The summed E-state index contributed by atoms with van der Waals surface area (Å²) in [5.41, 5.74) is 2.25. The standard InChI is InChI=1S/C25H23ClN2O5/c1-15-25(30)28(14-16-6-4-5-7-21(16)26)22-12-18(8-9-23(22)33-15)27-24(29)17-10-19(31-2)13-20(11-17)32-3/h4-13,15H,14H2,1-3H3,(H,27,29). The molecule has 0 aromatic heterocycles. The fraction of sp³-hybridized carbons (Fsp3) is 0.200. The number of rotatable bonds is 6. The molecule has 1 atom stereocenters. The second-order valence-electron chi connectivity index (χ2n) is 7.51. The molecule has 1 aliphatic heterocycles. The summed E-state index contributed by atoms with van der Waals surface area (Å²) in [6.45, 7) is 1.99. The predicted octanol–water partition coefficient (Wildman–Crippen LogP) is 4.92. The van der Waals surface area contributed by atoms with Crippen molar-refractivity contribution in [1.82, 2.24) is 0 Å². The molecule has 1 heterocycles. The number of halogens is 1. The second-order valence-corrected chi connectivity index (χ2v) is 7.92. The number of benzene rings is 3. The number of methoxy groups -OCH3 is 2. The fourth-order valence-electron chi connectivity index (χ4n) is 3.59. The van der Waals surface area contributed by atoms with Gasteiger partial charge in [0.2, 0.25) is 0 Å². The van der Waals surface area contributed by atoms with Crippen molar-refractivity contribution in [3.63, 3.8) is 0 Å². The Kier molecular flexibility index (Phi) is 6.42. The molecule has 0 fully saturated rings. The van der Waals surface area contributed by atoms with Gasteiger partial charge in [0.1, 0.15) is 17.2 Å². The Bertz CT molecular complexity index is 1190. The Morgan fingerprint density at radius 3 is 2.42 bits per heavy atom. The molecule has 170 valence electrons. The highest BCUT2D eigenvalue weighted by Crippen LogP contribution is 2.38. The van der Waals surface area contributed by atoms with E-state index < -0.39 is 6.10 Å². The molecule has 4 rings (SSSR count). The number of amides is 2. The van der Waals surface area contributed by atoms with Crippen LogP contribution < -0.4 is 24.4 Å². The molecule has 3 aromatic carbocycles. The van der Waals surface area contributed by atoms with E-state index in [0.717, 1.165) is 5.56 Å². The van der Waals surface area contributed by atoms with E-state index in [4.69, 9.17) is 25.8 Å². The number of fused-ring (bicyclic) bond motifs is 1. The zero-order valence-electron chi connectivity index (χ0n) is 18.4. The van der Waals surface area contributed by atoms with Crippen LogP contribution >= 0.6 is 11.6 Å². The van der Waals surface area contributed by atoms with Crippen LogP contribution in [0.1, 0.15) is 22.8 Å². The van der Waals surface area contributed by atoms with Crippen LogP contribution in [0.25, 0.3) is 0 Å². The number of nitrogens with one attached hydrogen (secondary N) is 1. The van der Waals surface area contributed by atoms with Crippen LogP contribution in [0, 0.1) is 0 Å². The van der Waals surface area contributed by atoms with Gasteiger partial charge in [-0.15, -0.1) is 0 Å². The first-order chi connectivity index (χ1) is 15.9. The molecule has 2 amide bonds. The highest BCUT2D eigenvalue weighted by molar-refractivity contribution is 6.31. The van der Waals surface area contributed by atoms with E-state index in [0.29, 0.717) is 39.2 Å². The Hall–Kier alpha value is -3.71. The van der Waals surface area contributed by atoms with Gasteiger partial charge in [-0.3, -0.25) is 9.59 Å². The van der Waals surface area contributed by atoms with Gasteiger partial charge in [-0.05, 0) is 48.9 Å². The van der Waals surface area contributed by atoms with Crippen LogP contribution in [-0.4, -0.2) is 32.1 Å². The van der Waals surface area contributed by atoms with Gasteiger partial charge < -0.3 is 24.4 Å². The lowest BCUT2D eigenvalue weighted by atomic mass is 10.1. The van der Waals surface area contributed by atoms with Crippen LogP contribution in [0.4, 0.5) is 11.4 Å². The van der Waals surface area contributed by atoms with Gasteiger partial charge in [0.25, 0.3) is 11.8 Å². The van der Waals surface area contributed by atoms with Crippen LogP contribution in [0.2, 0.25) is 5.02 Å². The number of anilines is 2. The summed E-state index contributed by atoms with van der Waals surface area (Å²) < 4.78 is 16.3. The SMILES string of the molecule is COc1cc(OC)cc(C(=O)Nc2ccc3c(c2)N(Cc2ccccc2Cl)C(=O)C(C)O3)c1. The molecule has 0 aliphatic carbocycles. The Balaban J connectivity index is 1.64. The topological polar surface area (TPSA) is 77.1 Å². The highest BCUT2D eigenvalue weighted by atomic mass is 35.5. The molecular weight excluding hydrogens is 444 g/mol. The van der Waals surface area contributed by atoms with E-state index >= 15 is 0 Å². The minimum atomic E-state index is -0.635. The average Bonchev–Trinajstić information content (AvgIpc) is 2.83. The summed E-state index contributed by atoms with van der Waals surface area (Å²) in [6.07, 6.45) is -0.635. The molecule has 0 radical (unpaired) electrons. The Morgan fingerprint density at radius 1 is 1.06 bits per heavy atom.